The molecule has 0 aliphatic heterocycles. The number of hydrogen-bond acceptors (Lipinski definition) is 1. The van der Waals surface area contributed by atoms with Crippen LogP contribution in [0.5, 0.6) is 0 Å². The molecule has 2 rings (SSSR count). The molecule has 0 N–H and O–H groups in total. The summed E-state index contributed by atoms with van der Waals surface area (Å²) in [4.78, 5) is 2.25. The first kappa shape index (κ1) is 13.6. The van der Waals surface area contributed by atoms with Crippen LogP contribution in [0.3, 0.4) is 0 Å². The van der Waals surface area contributed by atoms with Crippen LogP contribution in [-0.2, 0) is 5.41 Å². The number of rotatable bonds is 3. The molecule has 1 aromatic rings. The molecule has 2 atom stereocenters. The maximum atomic E-state index is 6.18. The van der Waals surface area contributed by atoms with Gasteiger partial charge in [0.05, 0.1) is 0 Å². The Bertz CT molecular complexity index is 464. The smallest absolute Gasteiger partial charge is 0.0409 e. The highest BCUT2D eigenvalue weighted by Crippen LogP contribution is 2.43. The Morgan fingerprint density at radius 3 is 2.72 bits per heavy atom. The molecule has 0 aromatic heterocycles. The maximum absolute atomic E-state index is 6.18. The average molecular weight is 264 g/mol. The molecule has 0 fully saturated rings. The first-order valence-corrected chi connectivity index (χ1v) is 6.94. The van der Waals surface area contributed by atoms with Crippen LogP contribution in [0.25, 0.3) is 6.08 Å². The molecule has 18 heavy (non-hydrogen) atoms. The Morgan fingerprint density at radius 2 is 2.06 bits per heavy atom. The summed E-state index contributed by atoms with van der Waals surface area (Å²) in [5, 5.41) is 0.840. The van der Waals surface area contributed by atoms with E-state index in [9.17, 15) is 0 Å². The van der Waals surface area contributed by atoms with Crippen molar-refractivity contribution in [3.8, 4) is 0 Å². The van der Waals surface area contributed by atoms with Crippen molar-refractivity contribution in [3.63, 3.8) is 0 Å². The van der Waals surface area contributed by atoms with Gasteiger partial charge in [-0.2, -0.15) is 0 Å². The zero-order valence-corrected chi connectivity index (χ0v) is 12.5. The van der Waals surface area contributed by atoms with Crippen molar-refractivity contribution in [2.24, 2.45) is 5.92 Å². The third-order valence-electron chi connectivity index (χ3n) is 4.28. The van der Waals surface area contributed by atoms with Crippen LogP contribution in [0.1, 0.15) is 31.4 Å². The Hall–Kier alpha value is -0.790. The van der Waals surface area contributed by atoms with Gasteiger partial charge in [-0.1, -0.05) is 43.7 Å². The monoisotopic (exact) mass is 263 g/mol. The van der Waals surface area contributed by atoms with Crippen LogP contribution in [0.2, 0.25) is 5.02 Å². The molecule has 0 saturated carbocycles. The predicted molar refractivity (Wildman–Crippen MR) is 80.2 cm³/mol. The molecule has 0 saturated heterocycles. The summed E-state index contributed by atoms with van der Waals surface area (Å²) in [5.41, 5.74) is 2.89. The Kier molecular flexibility index (Phi) is 3.84. The molecule has 1 aliphatic rings. The van der Waals surface area contributed by atoms with Crippen LogP contribution in [-0.4, -0.2) is 25.5 Å². The van der Waals surface area contributed by atoms with E-state index in [0.717, 1.165) is 18.0 Å². The van der Waals surface area contributed by atoms with Gasteiger partial charge >= 0.3 is 0 Å². The Morgan fingerprint density at radius 1 is 1.33 bits per heavy atom. The lowest BCUT2D eigenvalue weighted by Crippen LogP contribution is -2.35. The zero-order chi connectivity index (χ0) is 13.3. The Labute approximate surface area is 115 Å². The van der Waals surface area contributed by atoms with Gasteiger partial charge in [0.2, 0.25) is 0 Å². The highest BCUT2D eigenvalue weighted by atomic mass is 35.5. The van der Waals surface area contributed by atoms with Crippen LogP contribution in [0, 0.1) is 5.92 Å². The highest BCUT2D eigenvalue weighted by molar-refractivity contribution is 6.30. The van der Waals surface area contributed by atoms with Gasteiger partial charge in [-0.3, -0.25) is 0 Å². The van der Waals surface area contributed by atoms with E-state index >= 15 is 0 Å². The van der Waals surface area contributed by atoms with Crippen molar-refractivity contribution in [2.75, 3.05) is 20.6 Å². The normalized spacial score (nSPS) is 26.4. The number of allylic oxidation sites excluding steroid dienone is 1. The molecule has 0 spiro atoms. The molecule has 1 aliphatic carbocycles. The van der Waals surface area contributed by atoms with E-state index in [1.54, 1.807) is 0 Å². The highest BCUT2D eigenvalue weighted by Gasteiger charge is 2.35. The fraction of sp³-hybridized carbons (Fsp3) is 0.500. The van der Waals surface area contributed by atoms with Gasteiger partial charge < -0.3 is 4.90 Å². The maximum Gasteiger partial charge on any atom is 0.0409 e. The van der Waals surface area contributed by atoms with Gasteiger partial charge in [-0.15, -0.1) is 0 Å². The molecule has 2 heteroatoms. The minimum atomic E-state index is 0.180. The van der Waals surface area contributed by atoms with Crippen LogP contribution < -0.4 is 0 Å². The van der Waals surface area contributed by atoms with E-state index in [1.807, 2.05) is 6.07 Å². The molecule has 1 nitrogen and oxygen atoms in total. The quantitative estimate of drug-likeness (QED) is 0.790. The van der Waals surface area contributed by atoms with Crippen molar-refractivity contribution in [1.29, 1.82) is 0 Å². The van der Waals surface area contributed by atoms with Gasteiger partial charge in [0.25, 0.3) is 0 Å². The summed E-state index contributed by atoms with van der Waals surface area (Å²) in [5.74, 6) is 0.545. The first-order chi connectivity index (χ1) is 8.43. The van der Waals surface area contributed by atoms with Gasteiger partial charge in [-0.05, 0) is 56.2 Å². The van der Waals surface area contributed by atoms with Crippen molar-refractivity contribution in [1.82, 2.24) is 4.90 Å². The molecular formula is C16H22ClN. The standard InChI is InChI=1S/C16H22ClN/c1-12-5-6-13-7-8-14(17)11-15(13)16(12,2)9-10-18(3)4/h5-8,11-12H,9-10H2,1-4H3. The van der Waals surface area contributed by atoms with E-state index in [4.69, 9.17) is 11.6 Å². The van der Waals surface area contributed by atoms with E-state index in [-0.39, 0.29) is 5.41 Å². The van der Waals surface area contributed by atoms with Gasteiger partial charge in [0.1, 0.15) is 0 Å². The zero-order valence-electron chi connectivity index (χ0n) is 11.7. The van der Waals surface area contributed by atoms with Crippen LogP contribution in [0.15, 0.2) is 24.3 Å². The summed E-state index contributed by atoms with van der Waals surface area (Å²) in [7, 11) is 4.26. The van der Waals surface area contributed by atoms with Gasteiger partial charge in [0.15, 0.2) is 0 Å². The SMILES string of the molecule is CC1C=Cc2ccc(Cl)cc2C1(C)CCN(C)C. The fourth-order valence-corrected chi connectivity index (χ4v) is 2.86. The number of fused-ring (bicyclic) bond motifs is 1. The minimum Gasteiger partial charge on any atom is -0.309 e. The van der Waals surface area contributed by atoms with Gasteiger partial charge in [0, 0.05) is 10.4 Å². The number of benzene rings is 1. The van der Waals surface area contributed by atoms with E-state index < -0.39 is 0 Å². The van der Waals surface area contributed by atoms with Crippen molar-refractivity contribution < 1.29 is 0 Å². The molecule has 2 unspecified atom stereocenters. The van der Waals surface area contributed by atoms with Crippen molar-refractivity contribution in [2.45, 2.75) is 25.7 Å². The second-order valence-electron chi connectivity index (χ2n) is 5.85. The number of halogens is 1. The number of hydrogen-bond donors (Lipinski definition) is 0. The summed E-state index contributed by atoms with van der Waals surface area (Å²) in [6.07, 6.45) is 5.71. The third kappa shape index (κ3) is 2.48. The first-order valence-electron chi connectivity index (χ1n) is 6.56. The van der Waals surface area contributed by atoms with E-state index in [2.05, 4.69) is 57.1 Å². The predicted octanol–water partition coefficient (Wildman–Crippen LogP) is 4.21. The van der Waals surface area contributed by atoms with Crippen LogP contribution in [0.4, 0.5) is 0 Å². The lowest BCUT2D eigenvalue weighted by Gasteiger charge is -2.39. The third-order valence-corrected chi connectivity index (χ3v) is 4.51. The van der Waals surface area contributed by atoms with Gasteiger partial charge in [-0.25, -0.2) is 0 Å². The molecule has 0 amide bonds. The topological polar surface area (TPSA) is 3.24 Å². The second kappa shape index (κ2) is 5.07. The molecule has 98 valence electrons. The molecule has 0 radical (unpaired) electrons. The lowest BCUT2D eigenvalue weighted by atomic mass is 9.66. The number of nitrogens with zero attached hydrogens (tertiary/aromatic N) is 1. The fourth-order valence-electron chi connectivity index (χ4n) is 2.69. The minimum absolute atomic E-state index is 0.180. The van der Waals surface area contributed by atoms with E-state index in [1.165, 1.54) is 11.1 Å². The Balaban J connectivity index is 2.40. The summed E-state index contributed by atoms with van der Waals surface area (Å²) < 4.78 is 0. The molecule has 0 heterocycles. The van der Waals surface area contributed by atoms with Crippen molar-refractivity contribution >= 4 is 17.7 Å². The summed E-state index contributed by atoms with van der Waals surface area (Å²) >= 11 is 6.18. The molecule has 1 aromatic carbocycles. The van der Waals surface area contributed by atoms with E-state index in [0.29, 0.717) is 5.92 Å². The molecular weight excluding hydrogens is 242 g/mol. The average Bonchev–Trinajstić information content (AvgIpc) is 2.32. The van der Waals surface area contributed by atoms with Crippen molar-refractivity contribution in [3.05, 3.63) is 40.4 Å². The second-order valence-corrected chi connectivity index (χ2v) is 6.29. The summed E-state index contributed by atoms with van der Waals surface area (Å²) in [6, 6.07) is 6.26. The largest absolute Gasteiger partial charge is 0.309 e. The molecule has 0 bridgehead atoms. The summed E-state index contributed by atoms with van der Waals surface area (Å²) in [6.45, 7) is 5.76. The lowest BCUT2D eigenvalue weighted by molar-refractivity contribution is 0.283. The van der Waals surface area contributed by atoms with Crippen LogP contribution >= 0.6 is 11.6 Å².